The van der Waals surface area contributed by atoms with Crippen molar-refractivity contribution in [3.63, 3.8) is 0 Å². The first-order chi connectivity index (χ1) is 15.3. The van der Waals surface area contributed by atoms with Crippen LogP contribution in [-0.2, 0) is 19.4 Å². The summed E-state index contributed by atoms with van der Waals surface area (Å²) in [5.41, 5.74) is -2.57. The molecule has 1 rings (SSSR count). The minimum Gasteiger partial charge on any atom is -0.225 e. The molecule has 0 saturated heterocycles. The quantitative estimate of drug-likeness (QED) is 0.243. The van der Waals surface area contributed by atoms with E-state index in [9.17, 15) is 5.11 Å². The van der Waals surface area contributed by atoms with Gasteiger partial charge in [0.25, 0.3) is 0 Å². The topological polar surface area (TPSA) is 19.9 Å². The van der Waals surface area contributed by atoms with Crippen molar-refractivity contribution in [2.45, 2.75) is 53.0 Å². The van der Waals surface area contributed by atoms with Crippen molar-refractivity contribution in [1.82, 2.24) is 0 Å². The molecule has 36 heavy (non-hydrogen) atoms. The van der Waals surface area contributed by atoms with Crippen LogP contribution in [0.3, 0.4) is 0 Å². The molecule has 0 aliphatic heterocycles. The lowest BCUT2D eigenvalue weighted by Crippen LogP contribution is -2.56. The summed E-state index contributed by atoms with van der Waals surface area (Å²) in [6.45, 7) is 2.52. The zero-order valence-electron chi connectivity index (χ0n) is 16.9. The summed E-state index contributed by atoms with van der Waals surface area (Å²) < 4.78 is -20.9. The second-order valence-electron chi connectivity index (χ2n) is 7.71. The van der Waals surface area contributed by atoms with Gasteiger partial charge < -0.3 is 0 Å². The van der Waals surface area contributed by atoms with Gasteiger partial charge in [-0.05, 0) is 36.6 Å². The minimum absolute atomic E-state index is 0.0985. The third-order valence-corrected chi connectivity index (χ3v) is 15.6. The molecule has 19 heteroatoms. The van der Waals surface area contributed by atoms with Gasteiger partial charge in [0.2, 0.25) is 16.3 Å². The van der Waals surface area contributed by atoms with Gasteiger partial charge in [-0.1, -0.05) is 221 Å². The van der Waals surface area contributed by atoms with Gasteiger partial charge in [-0.2, -0.15) is 0 Å². The van der Waals surface area contributed by atoms with Crippen LogP contribution < -0.4 is 0 Å². The predicted octanol–water partition coefficient (Wildman–Crippen LogP) is 13.0. The molecule has 209 valence electrons. The fourth-order valence-corrected chi connectivity index (χ4v) is 7.11. The molecule has 0 atom stereocenters. The van der Waals surface area contributed by atoms with Crippen molar-refractivity contribution < 1.29 is 5.11 Å². The van der Waals surface area contributed by atoms with Gasteiger partial charge >= 0.3 is 0 Å². The number of benzene rings is 1. The Morgan fingerprint density at radius 3 is 1.11 bits per heavy atom. The van der Waals surface area contributed by atoms with Crippen molar-refractivity contribution in [3.8, 4) is 0 Å². The average molecular weight is 867 g/mol. The van der Waals surface area contributed by atoms with Crippen molar-refractivity contribution in [3.05, 3.63) is 34.9 Å². The molecule has 1 aromatic carbocycles. The normalized spacial score (nSPS) is 15.9. The second-order valence-corrected chi connectivity index (χ2v) is 20.2. The van der Waals surface area contributed by atoms with E-state index in [1.807, 2.05) is 0 Å². The largest absolute Gasteiger partial charge is 0.226 e. The van der Waals surface area contributed by atoms with E-state index in [4.69, 9.17) is 209 Å². The third-order valence-electron chi connectivity index (χ3n) is 4.66. The number of rotatable bonds is 7. The van der Waals surface area contributed by atoms with Crippen molar-refractivity contribution >= 4 is 209 Å². The van der Waals surface area contributed by atoms with E-state index in [0.29, 0.717) is 0 Å². The Hall–Kier alpha value is 4.40. The van der Waals surface area contributed by atoms with Gasteiger partial charge in [-0.3, -0.25) is 0 Å². The Morgan fingerprint density at radius 1 is 0.472 bits per heavy atom. The third kappa shape index (κ3) is 6.72. The van der Waals surface area contributed by atoms with E-state index >= 15 is 0 Å². The maximum Gasteiger partial charge on any atom is 0.226 e. The SMILES string of the molecule is CC(C)([O])c1ccc(C(Cl)(Cl)C(Cl)(Cl)C(Cl)(Cl)C(Cl)(Cl)Cl)cc1C(Cl)(Cl)C(Cl)(Cl)C(Cl)(Cl)C(Cl)(Cl)Cl. The first-order valence-electron chi connectivity index (χ1n) is 8.59. The fourth-order valence-electron chi connectivity index (χ4n) is 2.63. The van der Waals surface area contributed by atoms with Gasteiger partial charge in [-0.25, -0.2) is 5.11 Å². The molecular formula is C17H9Cl18O. The number of hydrogen-bond acceptors (Lipinski definition) is 0. The van der Waals surface area contributed by atoms with Crippen LogP contribution in [0.15, 0.2) is 18.2 Å². The molecule has 0 fully saturated rings. The van der Waals surface area contributed by atoms with Crippen LogP contribution in [0, 0.1) is 0 Å². The lowest BCUT2D eigenvalue weighted by atomic mass is 9.87. The van der Waals surface area contributed by atoms with E-state index in [0.717, 1.165) is 6.07 Å². The monoisotopic (exact) mass is 859 g/mol. The van der Waals surface area contributed by atoms with E-state index < -0.39 is 39.2 Å². The molecule has 1 nitrogen and oxygen atoms in total. The number of hydrogen-bond donors (Lipinski definition) is 0. The van der Waals surface area contributed by atoms with Gasteiger partial charge in [0.05, 0.1) is 0 Å². The van der Waals surface area contributed by atoms with Gasteiger partial charge in [0.15, 0.2) is 17.3 Å². The molecular weight excluding hydrogens is 858 g/mol. The molecule has 0 saturated carbocycles. The van der Waals surface area contributed by atoms with Crippen LogP contribution in [0.2, 0.25) is 0 Å². The van der Waals surface area contributed by atoms with Crippen LogP contribution in [0.1, 0.15) is 30.5 Å². The molecule has 0 bridgehead atoms. The van der Waals surface area contributed by atoms with Crippen molar-refractivity contribution in [1.29, 1.82) is 0 Å². The highest BCUT2D eigenvalue weighted by Crippen LogP contribution is 2.68. The highest BCUT2D eigenvalue weighted by molar-refractivity contribution is 6.81. The van der Waals surface area contributed by atoms with E-state index in [2.05, 4.69) is 0 Å². The predicted molar refractivity (Wildman–Crippen MR) is 165 cm³/mol. The van der Waals surface area contributed by atoms with Crippen molar-refractivity contribution in [2.75, 3.05) is 0 Å². The Bertz CT molecular complexity index is 963. The Labute approximate surface area is 298 Å². The molecule has 0 aliphatic rings. The molecule has 0 spiro atoms. The maximum absolute atomic E-state index is 13.0. The Morgan fingerprint density at radius 2 is 0.806 bits per heavy atom. The second kappa shape index (κ2) is 11.7. The summed E-state index contributed by atoms with van der Waals surface area (Å²) in [4.78, 5) is 0. The molecule has 0 aromatic heterocycles. The Kier molecular flexibility index (Phi) is 12.5. The van der Waals surface area contributed by atoms with Crippen LogP contribution in [0.4, 0.5) is 0 Å². The zero-order chi connectivity index (χ0) is 29.4. The van der Waals surface area contributed by atoms with Crippen molar-refractivity contribution in [2.24, 2.45) is 0 Å². The number of alkyl halides is 18. The van der Waals surface area contributed by atoms with Crippen LogP contribution in [-0.4, -0.2) is 24.9 Å². The summed E-state index contributed by atoms with van der Waals surface area (Å²) in [6, 6.07) is 3.49. The fraction of sp³-hybridized carbons (Fsp3) is 0.647. The van der Waals surface area contributed by atoms with Gasteiger partial charge in [0.1, 0.15) is 5.60 Å². The average Bonchev–Trinajstić information content (AvgIpc) is 2.64. The molecule has 0 aliphatic carbocycles. The van der Waals surface area contributed by atoms with Gasteiger partial charge in [-0.15, -0.1) is 0 Å². The first-order valence-corrected chi connectivity index (χ1v) is 15.4. The smallest absolute Gasteiger partial charge is 0.225 e. The lowest BCUT2D eigenvalue weighted by Gasteiger charge is -2.46. The van der Waals surface area contributed by atoms with Crippen LogP contribution in [0.25, 0.3) is 0 Å². The highest BCUT2D eigenvalue weighted by Gasteiger charge is 2.71. The summed E-state index contributed by atoms with van der Waals surface area (Å²) in [6.07, 6.45) is 0. The van der Waals surface area contributed by atoms with Crippen LogP contribution in [0.5, 0.6) is 0 Å². The highest BCUT2D eigenvalue weighted by atomic mass is 35.6. The summed E-state index contributed by atoms with van der Waals surface area (Å²) >= 11 is 112. The molecule has 0 N–H and O–H groups in total. The molecule has 0 heterocycles. The lowest BCUT2D eigenvalue weighted by molar-refractivity contribution is -0.00111. The summed E-state index contributed by atoms with van der Waals surface area (Å²) in [5, 5.41) is 13.0. The molecule has 0 amide bonds. The molecule has 0 unspecified atom stereocenters. The first kappa shape index (κ1) is 38.4. The van der Waals surface area contributed by atoms with Crippen LogP contribution >= 0.6 is 209 Å². The summed E-state index contributed by atoms with van der Waals surface area (Å²) in [5.74, 6) is 0. The maximum atomic E-state index is 13.0. The minimum atomic E-state index is -2.74. The molecule has 1 radical (unpaired) electrons. The number of halogens is 18. The summed E-state index contributed by atoms with van der Waals surface area (Å²) in [7, 11) is 0. The van der Waals surface area contributed by atoms with E-state index in [1.54, 1.807) is 0 Å². The standard InChI is InChI=1S/C17H9Cl18O/c1-9(2,36)7-4-3-6(10(18,19)12(22,23)14(26,27)16(30,31)32)5-8(7)11(20,21)13(24,25)15(28,29)17(33,34)35/h3-5H,1-2H3. The molecule has 1 aromatic rings. The Balaban J connectivity index is 4.05. The van der Waals surface area contributed by atoms with Gasteiger partial charge in [0, 0.05) is 0 Å². The zero-order valence-corrected chi connectivity index (χ0v) is 30.6. The van der Waals surface area contributed by atoms with E-state index in [1.165, 1.54) is 26.0 Å². The van der Waals surface area contributed by atoms with E-state index in [-0.39, 0.29) is 16.7 Å².